The molecule has 0 amide bonds. The highest BCUT2D eigenvalue weighted by Gasteiger charge is 2.16. The number of methoxy groups -OCH3 is 1. The number of likely N-dealkylation sites (N-methyl/N-ethyl adjacent to an activating group) is 1. The number of nitrogens with one attached hydrogen (secondary N) is 1. The lowest BCUT2D eigenvalue weighted by Gasteiger charge is -2.30. The Hall–Kier alpha value is -1.17. The minimum absolute atomic E-state index is 0.269. The van der Waals surface area contributed by atoms with Gasteiger partial charge in [0.05, 0.1) is 25.5 Å². The molecule has 1 aromatic rings. The van der Waals surface area contributed by atoms with E-state index in [1.54, 1.807) is 7.11 Å². The molecular weight excluding hydrogens is 242 g/mol. The molecule has 1 aromatic heterocycles. The Kier molecular flexibility index (Phi) is 5.13. The summed E-state index contributed by atoms with van der Waals surface area (Å²) in [5.74, 6) is 0.859. The lowest BCUT2D eigenvalue weighted by Crippen LogP contribution is -2.44. The number of nitrogens with zero attached hydrogens (tertiary/aromatic N) is 2. The van der Waals surface area contributed by atoms with Crippen LogP contribution < -0.4 is 10.1 Å². The average molecular weight is 265 g/mol. The summed E-state index contributed by atoms with van der Waals surface area (Å²) < 4.78 is 11.0. The Morgan fingerprint density at radius 3 is 3.11 bits per heavy atom. The minimum atomic E-state index is 0.269. The topological polar surface area (TPSA) is 46.6 Å². The van der Waals surface area contributed by atoms with Gasteiger partial charge in [-0.05, 0) is 14.0 Å². The van der Waals surface area contributed by atoms with E-state index >= 15 is 0 Å². The van der Waals surface area contributed by atoms with Crippen LogP contribution in [0.25, 0.3) is 0 Å². The van der Waals surface area contributed by atoms with Crippen molar-refractivity contribution in [3.63, 3.8) is 0 Å². The maximum Gasteiger partial charge on any atom is 0.122 e. The number of ether oxygens (including phenoxy) is 2. The van der Waals surface area contributed by atoms with Crippen LogP contribution in [0.1, 0.15) is 11.4 Å². The monoisotopic (exact) mass is 265 g/mol. The zero-order valence-corrected chi connectivity index (χ0v) is 12.0. The molecule has 1 unspecified atom stereocenters. The first-order valence-electron chi connectivity index (χ1n) is 6.70. The second-order valence-electron chi connectivity index (χ2n) is 5.03. The second kappa shape index (κ2) is 6.84. The summed E-state index contributed by atoms with van der Waals surface area (Å²) in [5.41, 5.74) is 1.98. The molecule has 1 atom stereocenters. The Morgan fingerprint density at radius 1 is 1.53 bits per heavy atom. The van der Waals surface area contributed by atoms with Crippen molar-refractivity contribution in [3.05, 3.63) is 23.5 Å². The van der Waals surface area contributed by atoms with Crippen molar-refractivity contribution in [1.82, 2.24) is 15.2 Å². The molecule has 1 fully saturated rings. The number of aromatic nitrogens is 1. The summed E-state index contributed by atoms with van der Waals surface area (Å²) in [5, 5.41) is 3.40. The molecule has 0 saturated carbocycles. The zero-order chi connectivity index (χ0) is 13.7. The molecule has 5 heteroatoms. The van der Waals surface area contributed by atoms with E-state index in [0.717, 1.165) is 49.9 Å². The lowest BCUT2D eigenvalue weighted by molar-refractivity contribution is -0.0182. The molecule has 2 rings (SSSR count). The molecule has 2 heterocycles. The molecule has 0 aromatic carbocycles. The highest BCUT2D eigenvalue weighted by Crippen LogP contribution is 2.13. The Labute approximate surface area is 114 Å². The second-order valence-corrected chi connectivity index (χ2v) is 5.03. The van der Waals surface area contributed by atoms with E-state index in [4.69, 9.17) is 9.47 Å². The van der Waals surface area contributed by atoms with Crippen LogP contribution in [0.4, 0.5) is 0 Å². The first-order chi connectivity index (χ1) is 9.17. The molecule has 106 valence electrons. The fourth-order valence-corrected chi connectivity index (χ4v) is 2.26. The van der Waals surface area contributed by atoms with E-state index in [2.05, 4.69) is 22.2 Å². The van der Waals surface area contributed by atoms with Gasteiger partial charge in [-0.15, -0.1) is 0 Å². The van der Waals surface area contributed by atoms with Crippen molar-refractivity contribution < 1.29 is 9.47 Å². The van der Waals surface area contributed by atoms with Gasteiger partial charge in [0.1, 0.15) is 5.75 Å². The number of morpholine rings is 1. The largest absolute Gasteiger partial charge is 0.497 e. The number of hydrogen-bond acceptors (Lipinski definition) is 5. The summed E-state index contributed by atoms with van der Waals surface area (Å²) in [4.78, 5) is 6.78. The lowest BCUT2D eigenvalue weighted by atomic mass is 10.2. The van der Waals surface area contributed by atoms with E-state index in [9.17, 15) is 0 Å². The standard InChI is InChI=1S/C14H23N3O2/c1-11-6-13(18-3)7-12(16-11)8-15-9-14-10-17(2)4-5-19-14/h6-7,14-15H,4-5,8-10H2,1-3H3. The first kappa shape index (κ1) is 14.2. The zero-order valence-electron chi connectivity index (χ0n) is 12.0. The van der Waals surface area contributed by atoms with Gasteiger partial charge in [-0.3, -0.25) is 4.98 Å². The fourth-order valence-electron chi connectivity index (χ4n) is 2.26. The van der Waals surface area contributed by atoms with Crippen LogP contribution in [0.3, 0.4) is 0 Å². The molecule has 5 nitrogen and oxygen atoms in total. The maximum atomic E-state index is 5.71. The van der Waals surface area contributed by atoms with E-state index in [-0.39, 0.29) is 6.10 Å². The molecular formula is C14H23N3O2. The third-order valence-electron chi connectivity index (χ3n) is 3.24. The fraction of sp³-hybridized carbons (Fsp3) is 0.643. The van der Waals surface area contributed by atoms with Crippen LogP contribution in [0.15, 0.2) is 12.1 Å². The Morgan fingerprint density at radius 2 is 2.37 bits per heavy atom. The molecule has 0 bridgehead atoms. The van der Waals surface area contributed by atoms with Crippen LogP contribution in [0.5, 0.6) is 5.75 Å². The summed E-state index contributed by atoms with van der Waals surface area (Å²) in [6.07, 6.45) is 0.269. The third-order valence-corrected chi connectivity index (χ3v) is 3.24. The van der Waals surface area contributed by atoms with Crippen LogP contribution in [-0.2, 0) is 11.3 Å². The highest BCUT2D eigenvalue weighted by molar-refractivity contribution is 5.26. The summed E-state index contributed by atoms with van der Waals surface area (Å²) in [6, 6.07) is 3.90. The number of hydrogen-bond donors (Lipinski definition) is 1. The van der Waals surface area contributed by atoms with Crippen molar-refractivity contribution in [2.75, 3.05) is 40.4 Å². The van der Waals surface area contributed by atoms with Crippen molar-refractivity contribution in [2.24, 2.45) is 0 Å². The maximum absolute atomic E-state index is 5.71. The number of rotatable bonds is 5. The van der Waals surface area contributed by atoms with Crippen LogP contribution in [0, 0.1) is 6.92 Å². The predicted molar refractivity (Wildman–Crippen MR) is 74.5 cm³/mol. The van der Waals surface area contributed by atoms with Gasteiger partial charge in [-0.2, -0.15) is 0 Å². The van der Waals surface area contributed by atoms with Gasteiger partial charge in [0, 0.05) is 44.0 Å². The predicted octanol–water partition coefficient (Wildman–Crippen LogP) is 0.819. The molecule has 1 saturated heterocycles. The molecule has 1 aliphatic rings. The van der Waals surface area contributed by atoms with Gasteiger partial charge in [0.2, 0.25) is 0 Å². The van der Waals surface area contributed by atoms with Crippen LogP contribution in [0.2, 0.25) is 0 Å². The molecule has 0 aliphatic carbocycles. The quantitative estimate of drug-likeness (QED) is 0.854. The molecule has 0 radical (unpaired) electrons. The summed E-state index contributed by atoms with van der Waals surface area (Å²) in [6.45, 7) is 6.39. The highest BCUT2D eigenvalue weighted by atomic mass is 16.5. The molecule has 1 N–H and O–H groups in total. The van der Waals surface area contributed by atoms with Crippen molar-refractivity contribution in [1.29, 1.82) is 0 Å². The van der Waals surface area contributed by atoms with Gasteiger partial charge in [0.25, 0.3) is 0 Å². The van der Waals surface area contributed by atoms with Crippen molar-refractivity contribution in [3.8, 4) is 5.75 Å². The summed E-state index contributed by atoms with van der Waals surface area (Å²) >= 11 is 0. The SMILES string of the molecule is COc1cc(C)nc(CNCC2CN(C)CCO2)c1. The normalized spacial score (nSPS) is 20.5. The smallest absolute Gasteiger partial charge is 0.122 e. The molecule has 0 spiro atoms. The van der Waals surface area contributed by atoms with Crippen LogP contribution in [-0.4, -0.2) is 56.4 Å². The minimum Gasteiger partial charge on any atom is -0.497 e. The summed E-state index contributed by atoms with van der Waals surface area (Å²) in [7, 11) is 3.81. The Bertz CT molecular complexity index is 412. The van der Waals surface area contributed by atoms with E-state index in [1.807, 2.05) is 19.1 Å². The van der Waals surface area contributed by atoms with E-state index < -0.39 is 0 Å². The van der Waals surface area contributed by atoms with E-state index in [0.29, 0.717) is 0 Å². The van der Waals surface area contributed by atoms with Gasteiger partial charge in [0.15, 0.2) is 0 Å². The third kappa shape index (κ3) is 4.45. The van der Waals surface area contributed by atoms with Crippen molar-refractivity contribution in [2.45, 2.75) is 19.6 Å². The average Bonchev–Trinajstić information content (AvgIpc) is 2.38. The van der Waals surface area contributed by atoms with Crippen molar-refractivity contribution >= 4 is 0 Å². The van der Waals surface area contributed by atoms with Gasteiger partial charge in [-0.25, -0.2) is 0 Å². The van der Waals surface area contributed by atoms with Gasteiger partial charge < -0.3 is 19.7 Å². The number of aryl methyl sites for hydroxylation is 1. The first-order valence-corrected chi connectivity index (χ1v) is 6.70. The Balaban J connectivity index is 1.80. The van der Waals surface area contributed by atoms with Crippen LogP contribution >= 0.6 is 0 Å². The number of pyridine rings is 1. The molecule has 1 aliphatic heterocycles. The van der Waals surface area contributed by atoms with Gasteiger partial charge >= 0.3 is 0 Å². The molecule has 19 heavy (non-hydrogen) atoms. The van der Waals surface area contributed by atoms with E-state index in [1.165, 1.54) is 0 Å². The van der Waals surface area contributed by atoms with Gasteiger partial charge in [-0.1, -0.05) is 0 Å².